The molecule has 19 heavy (non-hydrogen) atoms. The minimum atomic E-state index is -5.89. The van der Waals surface area contributed by atoms with E-state index < -0.39 is 29.2 Å². The second-order valence-electron chi connectivity index (χ2n) is 5.85. The van der Waals surface area contributed by atoms with Crippen LogP contribution < -0.4 is 0 Å². The summed E-state index contributed by atoms with van der Waals surface area (Å²) < 4.78 is 68.2. The molecule has 0 unspecified atom stereocenters. The van der Waals surface area contributed by atoms with E-state index in [2.05, 4.69) is 0 Å². The minimum absolute atomic E-state index is 0.319. The Balaban J connectivity index is 3.00. The third kappa shape index (κ3) is 3.34. The van der Waals surface area contributed by atoms with Crippen molar-refractivity contribution >= 4 is 5.91 Å². The Morgan fingerprint density at radius 3 is 1.68 bits per heavy atom. The summed E-state index contributed by atoms with van der Waals surface area (Å²) in [4.78, 5) is 12.0. The number of ether oxygens (including phenoxy) is 1. The third-order valence-corrected chi connectivity index (χ3v) is 2.61. The van der Waals surface area contributed by atoms with Gasteiger partial charge in [0.05, 0.1) is 11.2 Å². The number of hydrogen-bond donors (Lipinski definition) is 0. The van der Waals surface area contributed by atoms with E-state index in [4.69, 9.17) is 4.74 Å². The average molecular weight is 289 g/mol. The number of hydrogen-bond acceptors (Lipinski definition) is 2. The van der Waals surface area contributed by atoms with E-state index >= 15 is 0 Å². The summed E-state index contributed by atoms with van der Waals surface area (Å²) in [6.07, 6.45) is -5.89. The zero-order valence-electron chi connectivity index (χ0n) is 11.1. The Labute approximate surface area is 107 Å². The van der Waals surface area contributed by atoms with Gasteiger partial charge in [0, 0.05) is 13.1 Å². The molecule has 1 amide bonds. The molecule has 0 bridgehead atoms. The van der Waals surface area contributed by atoms with Crippen LogP contribution in [0.1, 0.15) is 27.7 Å². The van der Waals surface area contributed by atoms with Crippen LogP contribution in [0.4, 0.5) is 22.0 Å². The predicted octanol–water partition coefficient (Wildman–Crippen LogP) is 2.60. The summed E-state index contributed by atoms with van der Waals surface area (Å²) in [6.45, 7) is 5.47. The van der Waals surface area contributed by atoms with Gasteiger partial charge in [-0.3, -0.25) is 4.79 Å². The largest absolute Gasteiger partial charge is 0.463 e. The van der Waals surface area contributed by atoms with Crippen molar-refractivity contribution in [1.82, 2.24) is 4.90 Å². The van der Waals surface area contributed by atoms with Crippen LogP contribution in [0.25, 0.3) is 0 Å². The van der Waals surface area contributed by atoms with Crippen molar-refractivity contribution in [2.45, 2.75) is 51.0 Å². The highest BCUT2D eigenvalue weighted by atomic mass is 19.4. The molecule has 0 N–H and O–H groups in total. The zero-order valence-corrected chi connectivity index (χ0v) is 11.1. The van der Waals surface area contributed by atoms with E-state index in [1.165, 1.54) is 27.7 Å². The molecule has 1 aliphatic heterocycles. The van der Waals surface area contributed by atoms with Crippen molar-refractivity contribution in [3.63, 3.8) is 0 Å². The summed E-state index contributed by atoms with van der Waals surface area (Å²) in [7, 11) is 0. The van der Waals surface area contributed by atoms with Gasteiger partial charge >= 0.3 is 18.0 Å². The number of rotatable bonds is 1. The van der Waals surface area contributed by atoms with Gasteiger partial charge in [-0.15, -0.1) is 0 Å². The number of morpholine rings is 1. The molecule has 1 rings (SSSR count). The average Bonchev–Trinajstić information content (AvgIpc) is 2.09. The van der Waals surface area contributed by atoms with Crippen LogP contribution in [0.2, 0.25) is 0 Å². The number of carbonyl (C=O) groups excluding carboxylic acids is 1. The van der Waals surface area contributed by atoms with E-state index in [1.807, 2.05) is 0 Å². The van der Waals surface area contributed by atoms with Gasteiger partial charge < -0.3 is 9.64 Å². The lowest BCUT2D eigenvalue weighted by Gasteiger charge is -2.47. The first-order valence-electron chi connectivity index (χ1n) is 5.62. The van der Waals surface area contributed by atoms with Crippen molar-refractivity contribution in [2.75, 3.05) is 13.1 Å². The molecule has 1 saturated heterocycles. The lowest BCUT2D eigenvalue weighted by atomic mass is 9.98. The topological polar surface area (TPSA) is 29.5 Å². The van der Waals surface area contributed by atoms with Crippen LogP contribution in [0.3, 0.4) is 0 Å². The summed E-state index contributed by atoms with van der Waals surface area (Å²) in [5, 5.41) is 0. The highest BCUT2D eigenvalue weighted by molar-refractivity contribution is 5.84. The molecule has 0 aromatic carbocycles. The van der Waals surface area contributed by atoms with Crippen molar-refractivity contribution < 1.29 is 31.5 Å². The highest BCUT2D eigenvalue weighted by Crippen LogP contribution is 2.39. The monoisotopic (exact) mass is 289 g/mol. The van der Waals surface area contributed by atoms with Gasteiger partial charge in [-0.25, -0.2) is 0 Å². The van der Waals surface area contributed by atoms with Crippen molar-refractivity contribution in [3.05, 3.63) is 0 Å². The van der Waals surface area contributed by atoms with Crippen molar-refractivity contribution in [1.29, 1.82) is 0 Å². The van der Waals surface area contributed by atoms with E-state index in [1.54, 1.807) is 0 Å². The van der Waals surface area contributed by atoms with Crippen LogP contribution in [-0.2, 0) is 9.53 Å². The van der Waals surface area contributed by atoms with Gasteiger partial charge in [0.2, 0.25) is 0 Å². The Morgan fingerprint density at radius 1 is 1.00 bits per heavy atom. The van der Waals surface area contributed by atoms with Crippen LogP contribution >= 0.6 is 0 Å². The standard InChI is InChI=1S/C11H16F5NO2/c1-8(2)5-17(6-9(3,4)19-8)7(18)10(12,13)11(14,15)16/h5-6H2,1-4H3. The second-order valence-corrected chi connectivity index (χ2v) is 5.85. The number of nitrogens with zero attached hydrogens (tertiary/aromatic N) is 1. The van der Waals surface area contributed by atoms with E-state index in [0.29, 0.717) is 4.90 Å². The van der Waals surface area contributed by atoms with Crippen LogP contribution in [-0.4, -0.2) is 47.2 Å². The van der Waals surface area contributed by atoms with Gasteiger partial charge in [-0.2, -0.15) is 22.0 Å². The predicted molar refractivity (Wildman–Crippen MR) is 56.8 cm³/mol. The normalized spacial score (nSPS) is 23.3. The van der Waals surface area contributed by atoms with Crippen molar-refractivity contribution in [2.24, 2.45) is 0 Å². The molecular formula is C11H16F5NO2. The van der Waals surface area contributed by atoms with Crippen LogP contribution in [0.15, 0.2) is 0 Å². The van der Waals surface area contributed by atoms with Crippen LogP contribution in [0.5, 0.6) is 0 Å². The first-order chi connectivity index (χ1) is 8.18. The van der Waals surface area contributed by atoms with Crippen LogP contribution in [0, 0.1) is 0 Å². The molecule has 112 valence electrons. The van der Waals surface area contributed by atoms with Gasteiger partial charge in [0.15, 0.2) is 0 Å². The number of halogens is 5. The fourth-order valence-electron chi connectivity index (χ4n) is 2.25. The molecule has 0 radical (unpaired) electrons. The summed E-state index contributed by atoms with van der Waals surface area (Å²) in [5.41, 5.74) is -1.97. The molecule has 8 heteroatoms. The maximum atomic E-state index is 13.1. The van der Waals surface area contributed by atoms with Crippen molar-refractivity contribution in [3.8, 4) is 0 Å². The molecule has 0 atom stereocenters. The summed E-state index contributed by atoms with van der Waals surface area (Å²) >= 11 is 0. The molecule has 1 heterocycles. The molecule has 1 aliphatic rings. The second kappa shape index (κ2) is 4.29. The Bertz CT molecular complexity index is 360. The molecule has 0 aliphatic carbocycles. The molecule has 0 aromatic rings. The molecule has 0 spiro atoms. The lowest BCUT2D eigenvalue weighted by molar-refractivity contribution is -0.279. The van der Waals surface area contributed by atoms with Gasteiger partial charge in [-0.1, -0.05) is 0 Å². The molecular weight excluding hydrogens is 273 g/mol. The van der Waals surface area contributed by atoms with Gasteiger partial charge in [0.25, 0.3) is 0 Å². The number of amides is 1. The fraction of sp³-hybridized carbons (Fsp3) is 0.909. The molecule has 0 saturated carbocycles. The number of carbonyl (C=O) groups is 1. The number of alkyl halides is 5. The SMILES string of the molecule is CC1(C)CN(C(=O)C(F)(F)C(F)(F)F)CC(C)(C)O1. The maximum Gasteiger partial charge on any atom is 0.463 e. The first kappa shape index (κ1) is 16.1. The first-order valence-corrected chi connectivity index (χ1v) is 5.62. The van der Waals surface area contributed by atoms with E-state index in [9.17, 15) is 26.7 Å². The maximum absolute atomic E-state index is 13.1. The summed E-state index contributed by atoms with van der Waals surface area (Å²) in [6, 6.07) is 0. The summed E-state index contributed by atoms with van der Waals surface area (Å²) in [5.74, 6) is -7.61. The Hall–Kier alpha value is -0.920. The smallest absolute Gasteiger partial charge is 0.366 e. The Kier molecular flexibility index (Phi) is 3.64. The minimum Gasteiger partial charge on any atom is -0.366 e. The van der Waals surface area contributed by atoms with E-state index in [-0.39, 0.29) is 13.1 Å². The fourth-order valence-corrected chi connectivity index (χ4v) is 2.25. The van der Waals surface area contributed by atoms with Gasteiger partial charge in [-0.05, 0) is 27.7 Å². The Morgan fingerprint density at radius 2 is 1.37 bits per heavy atom. The van der Waals surface area contributed by atoms with E-state index in [0.717, 1.165) is 0 Å². The molecule has 0 aromatic heterocycles. The molecule has 3 nitrogen and oxygen atoms in total. The molecule has 1 fully saturated rings. The highest BCUT2D eigenvalue weighted by Gasteiger charge is 2.65. The third-order valence-electron chi connectivity index (χ3n) is 2.61. The van der Waals surface area contributed by atoms with Gasteiger partial charge in [0.1, 0.15) is 0 Å². The quantitative estimate of drug-likeness (QED) is 0.694. The zero-order chi connectivity index (χ0) is 15.3. The lowest BCUT2D eigenvalue weighted by Crippen LogP contribution is -2.63.